The largest absolute Gasteiger partial charge is 0.314 e. The molecule has 1 fully saturated rings. The molecule has 1 saturated heterocycles. The Balaban J connectivity index is 2.08. The molecule has 1 aromatic carbocycles. The van der Waals surface area contributed by atoms with Gasteiger partial charge in [-0.3, -0.25) is 4.90 Å². The summed E-state index contributed by atoms with van der Waals surface area (Å²) in [5.74, 6) is 0. The van der Waals surface area contributed by atoms with E-state index in [0.717, 1.165) is 26.2 Å². The van der Waals surface area contributed by atoms with Crippen LogP contribution in [0.5, 0.6) is 0 Å². The number of nitrogens with one attached hydrogen (secondary N) is 1. The molecule has 3 heteroatoms. The maximum Gasteiger partial charge on any atom is 0.0321 e. The number of rotatable bonds is 2. The molecule has 0 bridgehead atoms. The maximum atomic E-state index is 3.52. The molecule has 0 saturated carbocycles. The Hall–Kier alpha value is -0.380. The average molecular weight is 269 g/mol. The van der Waals surface area contributed by atoms with Crippen LogP contribution in [0.15, 0.2) is 28.7 Å². The standard InChI is InChI=1S/C12H17BrN2/c1-10(15-7-5-14-6-8-15)11-3-2-4-12(13)9-11/h2-4,9-10,14H,5-8H2,1H3/t10-/m1/s1. The first kappa shape index (κ1) is 11.1. The first-order chi connectivity index (χ1) is 7.27. The predicted octanol–water partition coefficient (Wildman–Crippen LogP) is 2.42. The van der Waals surface area contributed by atoms with E-state index in [1.54, 1.807) is 0 Å². The Morgan fingerprint density at radius 2 is 2.07 bits per heavy atom. The van der Waals surface area contributed by atoms with Gasteiger partial charge in [-0.25, -0.2) is 0 Å². The van der Waals surface area contributed by atoms with Crippen LogP contribution in [0.3, 0.4) is 0 Å². The molecule has 1 N–H and O–H groups in total. The van der Waals surface area contributed by atoms with Gasteiger partial charge in [-0.1, -0.05) is 28.1 Å². The smallest absolute Gasteiger partial charge is 0.0321 e. The Kier molecular flexibility index (Phi) is 3.78. The van der Waals surface area contributed by atoms with Gasteiger partial charge in [0, 0.05) is 36.7 Å². The van der Waals surface area contributed by atoms with Gasteiger partial charge in [-0.15, -0.1) is 0 Å². The molecule has 0 spiro atoms. The van der Waals surface area contributed by atoms with Crippen LogP contribution in [-0.4, -0.2) is 31.1 Å². The van der Waals surface area contributed by atoms with E-state index >= 15 is 0 Å². The van der Waals surface area contributed by atoms with Crippen LogP contribution in [0.25, 0.3) is 0 Å². The molecule has 15 heavy (non-hydrogen) atoms. The fraction of sp³-hybridized carbons (Fsp3) is 0.500. The lowest BCUT2D eigenvalue weighted by atomic mass is 10.1. The lowest BCUT2D eigenvalue weighted by molar-refractivity contribution is 0.185. The molecule has 2 rings (SSSR count). The van der Waals surface area contributed by atoms with Crippen LogP contribution in [0.4, 0.5) is 0 Å². The highest BCUT2D eigenvalue weighted by Crippen LogP contribution is 2.23. The second-order valence-electron chi connectivity index (χ2n) is 4.02. The summed E-state index contributed by atoms with van der Waals surface area (Å²) in [6.45, 7) is 6.80. The zero-order valence-electron chi connectivity index (χ0n) is 9.04. The van der Waals surface area contributed by atoms with Crippen molar-refractivity contribution < 1.29 is 0 Å². The van der Waals surface area contributed by atoms with E-state index in [-0.39, 0.29) is 0 Å². The highest BCUT2D eigenvalue weighted by Gasteiger charge is 2.17. The summed E-state index contributed by atoms with van der Waals surface area (Å²) in [6, 6.07) is 9.13. The van der Waals surface area contributed by atoms with Crippen LogP contribution in [0, 0.1) is 0 Å². The summed E-state index contributed by atoms with van der Waals surface area (Å²) in [5, 5.41) is 3.38. The molecular formula is C12H17BrN2. The maximum absolute atomic E-state index is 3.52. The first-order valence-corrected chi connectivity index (χ1v) is 6.27. The molecule has 1 aromatic rings. The predicted molar refractivity (Wildman–Crippen MR) is 67.0 cm³/mol. The SMILES string of the molecule is C[C@H](c1cccc(Br)c1)N1CCNCC1. The molecule has 2 nitrogen and oxygen atoms in total. The average Bonchev–Trinajstić information content (AvgIpc) is 2.29. The Bertz CT molecular complexity index is 321. The molecule has 0 radical (unpaired) electrons. The van der Waals surface area contributed by atoms with E-state index in [4.69, 9.17) is 0 Å². The minimum Gasteiger partial charge on any atom is -0.314 e. The molecule has 1 heterocycles. The second kappa shape index (κ2) is 5.10. The van der Waals surface area contributed by atoms with E-state index in [1.165, 1.54) is 10.0 Å². The summed E-state index contributed by atoms with van der Waals surface area (Å²) in [5.41, 5.74) is 1.39. The quantitative estimate of drug-likeness (QED) is 0.887. The lowest BCUT2D eigenvalue weighted by Gasteiger charge is -2.33. The van der Waals surface area contributed by atoms with Gasteiger partial charge < -0.3 is 5.32 Å². The number of hydrogen-bond donors (Lipinski definition) is 1. The molecule has 0 aliphatic carbocycles. The van der Waals surface area contributed by atoms with E-state index in [9.17, 15) is 0 Å². The van der Waals surface area contributed by atoms with Gasteiger partial charge in [0.15, 0.2) is 0 Å². The van der Waals surface area contributed by atoms with Gasteiger partial charge in [0.05, 0.1) is 0 Å². The third-order valence-corrected chi connectivity index (χ3v) is 3.52. The third kappa shape index (κ3) is 2.80. The van der Waals surface area contributed by atoms with Crippen LogP contribution >= 0.6 is 15.9 Å². The minimum atomic E-state index is 0.518. The molecule has 1 aliphatic rings. The van der Waals surface area contributed by atoms with Gasteiger partial charge >= 0.3 is 0 Å². The highest BCUT2D eigenvalue weighted by atomic mass is 79.9. The summed E-state index contributed by atoms with van der Waals surface area (Å²) < 4.78 is 1.17. The molecule has 1 atom stereocenters. The Labute approximate surface area is 99.8 Å². The third-order valence-electron chi connectivity index (χ3n) is 3.03. The zero-order valence-corrected chi connectivity index (χ0v) is 10.6. The van der Waals surface area contributed by atoms with Crippen molar-refractivity contribution >= 4 is 15.9 Å². The number of nitrogens with zero attached hydrogens (tertiary/aromatic N) is 1. The van der Waals surface area contributed by atoms with Crippen LogP contribution in [-0.2, 0) is 0 Å². The molecule has 82 valence electrons. The molecule has 0 unspecified atom stereocenters. The number of halogens is 1. The Morgan fingerprint density at radius 3 is 2.73 bits per heavy atom. The van der Waals surface area contributed by atoms with Gasteiger partial charge in [0.2, 0.25) is 0 Å². The van der Waals surface area contributed by atoms with Gasteiger partial charge in [-0.2, -0.15) is 0 Å². The number of benzene rings is 1. The topological polar surface area (TPSA) is 15.3 Å². The first-order valence-electron chi connectivity index (χ1n) is 5.47. The zero-order chi connectivity index (χ0) is 10.7. The van der Waals surface area contributed by atoms with Crippen molar-refractivity contribution in [3.63, 3.8) is 0 Å². The van der Waals surface area contributed by atoms with Crippen molar-refractivity contribution in [1.82, 2.24) is 10.2 Å². The molecule has 1 aliphatic heterocycles. The van der Waals surface area contributed by atoms with E-state index in [2.05, 4.69) is 57.3 Å². The van der Waals surface area contributed by atoms with Crippen molar-refractivity contribution in [3.05, 3.63) is 34.3 Å². The Morgan fingerprint density at radius 1 is 1.33 bits per heavy atom. The summed E-state index contributed by atoms with van der Waals surface area (Å²) in [4.78, 5) is 2.53. The lowest BCUT2D eigenvalue weighted by Crippen LogP contribution is -2.44. The summed E-state index contributed by atoms with van der Waals surface area (Å²) >= 11 is 3.52. The summed E-state index contributed by atoms with van der Waals surface area (Å²) in [7, 11) is 0. The normalized spacial score (nSPS) is 20.1. The van der Waals surface area contributed by atoms with Crippen molar-refractivity contribution in [2.24, 2.45) is 0 Å². The molecule has 0 aromatic heterocycles. The van der Waals surface area contributed by atoms with Crippen molar-refractivity contribution in [2.45, 2.75) is 13.0 Å². The van der Waals surface area contributed by atoms with Crippen molar-refractivity contribution in [2.75, 3.05) is 26.2 Å². The second-order valence-corrected chi connectivity index (χ2v) is 4.93. The number of piperazine rings is 1. The van der Waals surface area contributed by atoms with Crippen LogP contribution < -0.4 is 5.32 Å². The van der Waals surface area contributed by atoms with E-state index in [1.807, 2.05) is 0 Å². The van der Waals surface area contributed by atoms with Crippen molar-refractivity contribution in [1.29, 1.82) is 0 Å². The van der Waals surface area contributed by atoms with Crippen LogP contribution in [0.2, 0.25) is 0 Å². The van der Waals surface area contributed by atoms with E-state index in [0.29, 0.717) is 6.04 Å². The monoisotopic (exact) mass is 268 g/mol. The van der Waals surface area contributed by atoms with Crippen molar-refractivity contribution in [3.8, 4) is 0 Å². The fourth-order valence-corrected chi connectivity index (χ4v) is 2.46. The van der Waals surface area contributed by atoms with Crippen LogP contribution in [0.1, 0.15) is 18.5 Å². The number of hydrogen-bond acceptors (Lipinski definition) is 2. The molecule has 0 amide bonds. The fourth-order valence-electron chi connectivity index (χ4n) is 2.05. The van der Waals surface area contributed by atoms with Gasteiger partial charge in [0.25, 0.3) is 0 Å². The minimum absolute atomic E-state index is 0.518. The molecular weight excluding hydrogens is 252 g/mol. The van der Waals surface area contributed by atoms with Gasteiger partial charge in [-0.05, 0) is 24.6 Å². The summed E-state index contributed by atoms with van der Waals surface area (Å²) in [6.07, 6.45) is 0. The van der Waals surface area contributed by atoms with E-state index < -0.39 is 0 Å². The highest BCUT2D eigenvalue weighted by molar-refractivity contribution is 9.10. The van der Waals surface area contributed by atoms with Gasteiger partial charge in [0.1, 0.15) is 0 Å².